The molecule has 0 N–H and O–H groups in total. The van der Waals surface area contributed by atoms with Gasteiger partial charge in [0.15, 0.2) is 0 Å². The third-order valence-corrected chi connectivity index (χ3v) is 3.27. The first-order valence-electron chi connectivity index (χ1n) is 5.63. The van der Waals surface area contributed by atoms with E-state index in [1.54, 1.807) is 0 Å². The van der Waals surface area contributed by atoms with E-state index in [1.165, 1.54) is 5.56 Å². The molecule has 0 saturated carbocycles. The fraction of sp³-hybridized carbons (Fsp3) is 0.500. The minimum Gasteiger partial charge on any atom is -0.296 e. The zero-order chi connectivity index (χ0) is 11.4. The minimum absolute atomic E-state index is 0.133. The molecule has 0 aromatic heterocycles. The highest BCUT2D eigenvalue weighted by Crippen LogP contribution is 2.22. The zero-order valence-electron chi connectivity index (χ0n) is 9.45. The molecule has 1 fully saturated rings. The van der Waals surface area contributed by atoms with Crippen LogP contribution in [0.3, 0.4) is 0 Å². The van der Waals surface area contributed by atoms with Crippen LogP contribution in [-0.4, -0.2) is 23.5 Å². The van der Waals surface area contributed by atoms with Crippen LogP contribution < -0.4 is 0 Å². The number of benzene rings is 1. The van der Waals surface area contributed by atoms with Crippen LogP contribution in [0.15, 0.2) is 35.4 Å². The van der Waals surface area contributed by atoms with E-state index in [0.29, 0.717) is 6.04 Å². The Morgan fingerprint density at radius 3 is 2.88 bits per heavy atom. The lowest BCUT2D eigenvalue weighted by molar-refractivity contribution is 0.251. The van der Waals surface area contributed by atoms with Crippen molar-refractivity contribution >= 4 is 0 Å². The van der Waals surface area contributed by atoms with Crippen molar-refractivity contribution in [1.82, 2.24) is 4.90 Å². The van der Waals surface area contributed by atoms with Gasteiger partial charge < -0.3 is 0 Å². The van der Waals surface area contributed by atoms with E-state index in [-0.39, 0.29) is 6.04 Å². The van der Waals surface area contributed by atoms with Gasteiger partial charge in [-0.1, -0.05) is 35.4 Å². The first-order valence-corrected chi connectivity index (χ1v) is 5.63. The highest BCUT2D eigenvalue weighted by molar-refractivity contribution is 5.15. The Kier molecular flexibility index (Phi) is 3.44. The molecule has 0 spiro atoms. The van der Waals surface area contributed by atoms with Crippen LogP contribution in [0.4, 0.5) is 0 Å². The molecule has 0 unspecified atom stereocenters. The topological polar surface area (TPSA) is 52.0 Å². The van der Waals surface area contributed by atoms with E-state index < -0.39 is 0 Å². The maximum atomic E-state index is 8.46. The van der Waals surface area contributed by atoms with Crippen LogP contribution >= 0.6 is 0 Å². The summed E-state index contributed by atoms with van der Waals surface area (Å²) in [4.78, 5) is 5.28. The lowest BCUT2D eigenvalue weighted by Gasteiger charge is -2.22. The minimum atomic E-state index is 0.133. The van der Waals surface area contributed by atoms with Crippen molar-refractivity contribution in [2.75, 3.05) is 6.54 Å². The molecule has 2 rings (SSSR count). The van der Waals surface area contributed by atoms with Crippen molar-refractivity contribution in [1.29, 1.82) is 0 Å². The van der Waals surface area contributed by atoms with Gasteiger partial charge in [-0.05, 0) is 31.0 Å². The maximum Gasteiger partial charge on any atom is 0.0539 e. The standard InChI is InChI=1S/C12H16N4/c1-10-12(14-15-13)7-8-16(10)9-11-5-3-2-4-6-11/h2-6,10,12H,7-9H2,1H3/t10-,12-/m1/s1. The lowest BCUT2D eigenvalue weighted by atomic mass is 10.1. The number of nitrogens with zero attached hydrogens (tertiary/aromatic N) is 4. The number of hydrogen-bond acceptors (Lipinski definition) is 2. The molecule has 0 aliphatic carbocycles. The summed E-state index contributed by atoms with van der Waals surface area (Å²) in [6, 6.07) is 10.9. The summed E-state index contributed by atoms with van der Waals surface area (Å²) >= 11 is 0. The summed E-state index contributed by atoms with van der Waals surface area (Å²) in [5.74, 6) is 0. The Morgan fingerprint density at radius 1 is 1.44 bits per heavy atom. The van der Waals surface area contributed by atoms with Crippen molar-refractivity contribution < 1.29 is 0 Å². The summed E-state index contributed by atoms with van der Waals surface area (Å²) in [5.41, 5.74) is 9.78. The highest BCUT2D eigenvalue weighted by atomic mass is 15.2. The van der Waals surface area contributed by atoms with E-state index in [4.69, 9.17) is 5.53 Å². The Balaban J connectivity index is 2.00. The molecule has 1 saturated heterocycles. The van der Waals surface area contributed by atoms with E-state index in [0.717, 1.165) is 19.5 Å². The van der Waals surface area contributed by atoms with Gasteiger partial charge in [0.25, 0.3) is 0 Å². The fourth-order valence-corrected chi connectivity index (χ4v) is 2.25. The van der Waals surface area contributed by atoms with Crippen LogP contribution in [0.2, 0.25) is 0 Å². The number of likely N-dealkylation sites (tertiary alicyclic amines) is 1. The number of azide groups is 1. The predicted octanol–water partition coefficient (Wildman–Crippen LogP) is 2.96. The first-order chi connectivity index (χ1) is 7.81. The number of hydrogen-bond donors (Lipinski definition) is 0. The molecule has 1 aromatic carbocycles. The summed E-state index contributed by atoms with van der Waals surface area (Å²) in [7, 11) is 0. The third kappa shape index (κ3) is 2.35. The maximum absolute atomic E-state index is 8.46. The summed E-state index contributed by atoms with van der Waals surface area (Å²) in [5, 5.41) is 3.84. The molecular formula is C12H16N4. The molecule has 1 aromatic rings. The average Bonchev–Trinajstić information content (AvgIpc) is 2.64. The van der Waals surface area contributed by atoms with Crippen LogP contribution in [0.25, 0.3) is 10.4 Å². The molecule has 0 bridgehead atoms. The molecule has 1 aliphatic rings. The van der Waals surface area contributed by atoms with E-state index >= 15 is 0 Å². The monoisotopic (exact) mass is 216 g/mol. The van der Waals surface area contributed by atoms with E-state index in [9.17, 15) is 0 Å². The molecule has 4 heteroatoms. The van der Waals surface area contributed by atoms with Crippen molar-refractivity contribution in [3.63, 3.8) is 0 Å². The van der Waals surface area contributed by atoms with Crippen molar-refractivity contribution in [3.8, 4) is 0 Å². The van der Waals surface area contributed by atoms with Gasteiger partial charge in [-0.25, -0.2) is 0 Å². The van der Waals surface area contributed by atoms with Crippen LogP contribution in [-0.2, 0) is 6.54 Å². The predicted molar refractivity (Wildman–Crippen MR) is 63.9 cm³/mol. The average molecular weight is 216 g/mol. The van der Waals surface area contributed by atoms with Gasteiger partial charge in [0.05, 0.1) is 6.04 Å². The molecule has 4 nitrogen and oxygen atoms in total. The van der Waals surface area contributed by atoms with Crippen LogP contribution in [0.1, 0.15) is 18.9 Å². The van der Waals surface area contributed by atoms with Crippen molar-refractivity contribution in [2.45, 2.75) is 32.0 Å². The molecule has 0 radical (unpaired) electrons. The molecule has 16 heavy (non-hydrogen) atoms. The van der Waals surface area contributed by atoms with Gasteiger partial charge in [0, 0.05) is 17.5 Å². The SMILES string of the molecule is C[C@@H]1[C@H](N=[N+]=[N-])CCN1Cc1ccccc1. The Morgan fingerprint density at radius 2 is 2.19 bits per heavy atom. The second kappa shape index (κ2) is 5.01. The number of rotatable bonds is 3. The smallest absolute Gasteiger partial charge is 0.0539 e. The van der Waals surface area contributed by atoms with E-state index in [2.05, 4.69) is 46.1 Å². The summed E-state index contributed by atoms with van der Waals surface area (Å²) in [6.45, 7) is 4.09. The second-order valence-electron chi connectivity index (χ2n) is 4.26. The summed E-state index contributed by atoms with van der Waals surface area (Å²) in [6.07, 6.45) is 0.970. The van der Waals surface area contributed by atoms with Crippen LogP contribution in [0.5, 0.6) is 0 Å². The Hall–Kier alpha value is -1.51. The summed E-state index contributed by atoms with van der Waals surface area (Å²) < 4.78 is 0. The quantitative estimate of drug-likeness (QED) is 0.435. The van der Waals surface area contributed by atoms with Gasteiger partial charge in [0.1, 0.15) is 0 Å². The van der Waals surface area contributed by atoms with Gasteiger partial charge in [0.2, 0.25) is 0 Å². The second-order valence-corrected chi connectivity index (χ2v) is 4.26. The molecule has 2 atom stereocenters. The molecular weight excluding hydrogens is 200 g/mol. The molecule has 1 aliphatic heterocycles. The Bertz CT molecular complexity index is 383. The van der Waals surface area contributed by atoms with Crippen LogP contribution in [0, 0.1) is 0 Å². The molecule has 1 heterocycles. The normalized spacial score (nSPS) is 25.3. The van der Waals surface area contributed by atoms with Crippen molar-refractivity contribution in [3.05, 3.63) is 46.3 Å². The fourth-order valence-electron chi connectivity index (χ4n) is 2.25. The van der Waals surface area contributed by atoms with Gasteiger partial charge in [-0.3, -0.25) is 4.90 Å². The van der Waals surface area contributed by atoms with Gasteiger partial charge >= 0.3 is 0 Å². The Labute approximate surface area is 95.5 Å². The lowest BCUT2D eigenvalue weighted by Crippen LogP contribution is -2.30. The molecule has 84 valence electrons. The first kappa shape index (κ1) is 11.0. The largest absolute Gasteiger partial charge is 0.296 e. The molecule has 0 amide bonds. The highest BCUT2D eigenvalue weighted by Gasteiger charge is 2.29. The zero-order valence-corrected chi connectivity index (χ0v) is 9.45. The van der Waals surface area contributed by atoms with Crippen molar-refractivity contribution in [2.24, 2.45) is 5.11 Å². The third-order valence-electron chi connectivity index (χ3n) is 3.27. The van der Waals surface area contributed by atoms with Gasteiger partial charge in [-0.2, -0.15) is 0 Å². The van der Waals surface area contributed by atoms with Gasteiger partial charge in [-0.15, -0.1) is 0 Å². The van der Waals surface area contributed by atoms with E-state index in [1.807, 2.05) is 6.07 Å².